The molecule has 0 spiro atoms. The molecule has 3 rings (SSSR count). The van der Waals surface area contributed by atoms with Crippen LogP contribution in [0.3, 0.4) is 0 Å². The van der Waals surface area contributed by atoms with Crippen LogP contribution in [0.4, 0.5) is 0 Å². The van der Waals surface area contributed by atoms with Crippen LogP contribution in [0.25, 0.3) is 22.0 Å². The van der Waals surface area contributed by atoms with Crippen molar-refractivity contribution in [3.63, 3.8) is 0 Å². The zero-order valence-electron chi connectivity index (χ0n) is 12.1. The minimum absolute atomic E-state index is 0.0844. The highest BCUT2D eigenvalue weighted by atomic mass is 35.5. The lowest BCUT2D eigenvalue weighted by molar-refractivity contribution is 0.415. The molecular weight excluding hydrogens is 316 g/mol. The summed E-state index contributed by atoms with van der Waals surface area (Å²) in [5.74, 6) is 0.239. The summed E-state index contributed by atoms with van der Waals surface area (Å²) in [6, 6.07) is 11.7. The topological polar surface area (TPSA) is 86.1 Å². The largest absolute Gasteiger partial charge is 0.506 e. The average molecular weight is 327 g/mol. The molecule has 0 aliphatic rings. The van der Waals surface area contributed by atoms with Gasteiger partial charge in [0.05, 0.1) is 28.8 Å². The number of aromatic nitrogens is 1. The summed E-state index contributed by atoms with van der Waals surface area (Å²) in [7, 11) is 1.48. The normalized spacial score (nSPS) is 10.5. The number of hydrogen-bond acceptors (Lipinski definition) is 4. The predicted molar refractivity (Wildman–Crippen MR) is 87.9 cm³/mol. The van der Waals surface area contributed by atoms with Crippen molar-refractivity contribution in [1.82, 2.24) is 4.98 Å². The van der Waals surface area contributed by atoms with Gasteiger partial charge in [-0.25, -0.2) is 0 Å². The van der Waals surface area contributed by atoms with Gasteiger partial charge in [-0.3, -0.25) is 4.79 Å². The van der Waals surface area contributed by atoms with Gasteiger partial charge < -0.3 is 14.8 Å². The Bertz CT molecular complexity index is 1020. The third-order valence-electron chi connectivity index (χ3n) is 3.57. The maximum Gasteiger partial charge on any atom is 0.260 e. The number of benzene rings is 2. The van der Waals surface area contributed by atoms with Crippen molar-refractivity contribution in [2.75, 3.05) is 7.11 Å². The van der Waals surface area contributed by atoms with Gasteiger partial charge >= 0.3 is 0 Å². The molecule has 0 amide bonds. The standard InChI is InChI=1S/C17H11ClN2O3/c1-23-14-5-3-2-4-10(14)15-16(21)11-6-9(8-19)12(18)7-13(11)20-17(15)22/h2-7H,1H3,(H2,20,21,22). The number of nitriles is 1. The number of ether oxygens (including phenoxy) is 1. The van der Waals surface area contributed by atoms with Crippen LogP contribution in [-0.4, -0.2) is 17.2 Å². The van der Waals surface area contributed by atoms with Crippen LogP contribution in [0, 0.1) is 11.3 Å². The van der Waals surface area contributed by atoms with E-state index in [4.69, 9.17) is 21.6 Å². The number of methoxy groups -OCH3 is 1. The Morgan fingerprint density at radius 1 is 1.30 bits per heavy atom. The molecule has 2 N–H and O–H groups in total. The molecule has 0 fully saturated rings. The second-order valence-electron chi connectivity index (χ2n) is 4.87. The van der Waals surface area contributed by atoms with Crippen LogP contribution in [0.2, 0.25) is 5.02 Å². The van der Waals surface area contributed by atoms with E-state index in [1.807, 2.05) is 6.07 Å². The quantitative estimate of drug-likeness (QED) is 0.755. The van der Waals surface area contributed by atoms with Crippen molar-refractivity contribution in [3.8, 4) is 28.7 Å². The van der Waals surface area contributed by atoms with Crippen molar-refractivity contribution in [3.05, 3.63) is 57.3 Å². The SMILES string of the molecule is COc1ccccc1-c1c(O)c2cc(C#N)c(Cl)cc2[nH]c1=O. The average Bonchev–Trinajstić information content (AvgIpc) is 2.55. The summed E-state index contributed by atoms with van der Waals surface area (Å²) in [5.41, 5.74) is 0.646. The number of para-hydroxylation sites is 1. The molecule has 3 aromatic rings. The van der Waals surface area contributed by atoms with Crippen molar-refractivity contribution >= 4 is 22.5 Å². The molecule has 0 aliphatic heterocycles. The molecular formula is C17H11ClN2O3. The first-order valence-electron chi connectivity index (χ1n) is 6.68. The molecule has 6 heteroatoms. The summed E-state index contributed by atoms with van der Waals surface area (Å²) in [6.45, 7) is 0. The van der Waals surface area contributed by atoms with Gasteiger partial charge in [0.2, 0.25) is 0 Å². The van der Waals surface area contributed by atoms with E-state index in [9.17, 15) is 9.90 Å². The Morgan fingerprint density at radius 3 is 2.74 bits per heavy atom. The molecule has 1 aromatic heterocycles. The molecule has 0 bridgehead atoms. The van der Waals surface area contributed by atoms with E-state index >= 15 is 0 Å². The monoisotopic (exact) mass is 326 g/mol. The highest BCUT2D eigenvalue weighted by Crippen LogP contribution is 2.37. The van der Waals surface area contributed by atoms with Gasteiger partial charge in [0.15, 0.2) is 0 Å². The lowest BCUT2D eigenvalue weighted by Crippen LogP contribution is -2.10. The van der Waals surface area contributed by atoms with Crippen molar-refractivity contribution in [2.24, 2.45) is 0 Å². The maximum atomic E-state index is 12.4. The zero-order chi connectivity index (χ0) is 16.6. The van der Waals surface area contributed by atoms with Gasteiger partial charge in [-0.2, -0.15) is 5.26 Å². The highest BCUT2D eigenvalue weighted by Gasteiger charge is 2.18. The molecule has 23 heavy (non-hydrogen) atoms. The fourth-order valence-electron chi connectivity index (χ4n) is 2.49. The van der Waals surface area contributed by atoms with E-state index in [0.29, 0.717) is 22.2 Å². The van der Waals surface area contributed by atoms with Gasteiger partial charge in [0, 0.05) is 10.9 Å². The summed E-state index contributed by atoms with van der Waals surface area (Å²) in [5, 5.41) is 20.2. The number of pyridine rings is 1. The Morgan fingerprint density at radius 2 is 2.04 bits per heavy atom. The number of aromatic amines is 1. The van der Waals surface area contributed by atoms with Crippen molar-refractivity contribution in [2.45, 2.75) is 0 Å². The number of nitrogens with one attached hydrogen (secondary N) is 1. The fraction of sp³-hybridized carbons (Fsp3) is 0.0588. The van der Waals surface area contributed by atoms with Gasteiger partial charge in [-0.05, 0) is 18.2 Å². The molecule has 0 unspecified atom stereocenters. The minimum atomic E-state index is -0.472. The number of hydrogen-bond donors (Lipinski definition) is 2. The Balaban J connectivity index is 2.41. The van der Waals surface area contributed by atoms with Crippen LogP contribution in [0.5, 0.6) is 11.5 Å². The lowest BCUT2D eigenvalue weighted by atomic mass is 10.0. The van der Waals surface area contributed by atoms with E-state index in [1.54, 1.807) is 24.3 Å². The van der Waals surface area contributed by atoms with E-state index in [0.717, 1.165) is 0 Å². The molecule has 0 saturated carbocycles. The Hall–Kier alpha value is -2.97. The highest BCUT2D eigenvalue weighted by molar-refractivity contribution is 6.32. The molecule has 2 aromatic carbocycles. The Labute approximate surface area is 136 Å². The Kier molecular flexibility index (Phi) is 3.68. The van der Waals surface area contributed by atoms with Crippen LogP contribution < -0.4 is 10.3 Å². The number of H-pyrrole nitrogens is 1. The predicted octanol–water partition coefficient (Wildman–Crippen LogP) is 3.43. The second kappa shape index (κ2) is 5.67. The first-order chi connectivity index (χ1) is 11.1. The molecule has 0 atom stereocenters. The lowest BCUT2D eigenvalue weighted by Gasteiger charge is -2.11. The number of aromatic hydroxyl groups is 1. The third kappa shape index (κ3) is 2.39. The molecule has 0 radical (unpaired) electrons. The van der Waals surface area contributed by atoms with Gasteiger partial charge in [0.25, 0.3) is 5.56 Å². The molecule has 1 heterocycles. The van der Waals surface area contributed by atoms with E-state index < -0.39 is 5.56 Å². The summed E-state index contributed by atoms with van der Waals surface area (Å²) >= 11 is 5.97. The summed E-state index contributed by atoms with van der Waals surface area (Å²) in [6.07, 6.45) is 0. The first kappa shape index (κ1) is 14.9. The number of nitrogens with zero attached hydrogens (tertiary/aromatic N) is 1. The smallest absolute Gasteiger partial charge is 0.260 e. The van der Waals surface area contributed by atoms with E-state index in [1.165, 1.54) is 19.2 Å². The zero-order valence-corrected chi connectivity index (χ0v) is 12.8. The number of rotatable bonds is 2. The fourth-order valence-corrected chi connectivity index (χ4v) is 2.69. The number of fused-ring (bicyclic) bond motifs is 1. The summed E-state index contributed by atoms with van der Waals surface area (Å²) < 4.78 is 5.25. The second-order valence-corrected chi connectivity index (χ2v) is 5.27. The molecule has 0 saturated heterocycles. The van der Waals surface area contributed by atoms with Crippen molar-refractivity contribution < 1.29 is 9.84 Å². The van der Waals surface area contributed by atoms with Crippen LogP contribution in [0.1, 0.15) is 5.56 Å². The molecule has 5 nitrogen and oxygen atoms in total. The molecule has 0 aliphatic carbocycles. The van der Waals surface area contributed by atoms with E-state index in [2.05, 4.69) is 4.98 Å². The van der Waals surface area contributed by atoms with Gasteiger partial charge in [-0.15, -0.1) is 0 Å². The van der Waals surface area contributed by atoms with Crippen LogP contribution in [0.15, 0.2) is 41.2 Å². The van der Waals surface area contributed by atoms with Crippen LogP contribution in [-0.2, 0) is 0 Å². The maximum absolute atomic E-state index is 12.4. The van der Waals surface area contributed by atoms with Crippen LogP contribution >= 0.6 is 11.6 Å². The van der Waals surface area contributed by atoms with E-state index in [-0.39, 0.29) is 21.9 Å². The summed E-state index contributed by atoms with van der Waals surface area (Å²) in [4.78, 5) is 15.1. The molecule has 114 valence electrons. The number of halogens is 1. The first-order valence-corrected chi connectivity index (χ1v) is 7.06. The van der Waals surface area contributed by atoms with Crippen molar-refractivity contribution in [1.29, 1.82) is 5.26 Å². The van der Waals surface area contributed by atoms with Gasteiger partial charge in [0.1, 0.15) is 17.6 Å². The van der Waals surface area contributed by atoms with Gasteiger partial charge in [-0.1, -0.05) is 29.8 Å². The third-order valence-corrected chi connectivity index (χ3v) is 3.88. The minimum Gasteiger partial charge on any atom is -0.506 e.